The summed E-state index contributed by atoms with van der Waals surface area (Å²) >= 11 is 0. The van der Waals surface area contributed by atoms with Gasteiger partial charge in [-0.15, -0.1) is 0 Å². The Kier molecular flexibility index (Phi) is 15.6. The van der Waals surface area contributed by atoms with Gasteiger partial charge in [0.2, 0.25) is 0 Å². The van der Waals surface area contributed by atoms with E-state index < -0.39 is 0 Å². The Morgan fingerprint density at radius 1 is 1.25 bits per heavy atom. The van der Waals surface area contributed by atoms with Gasteiger partial charge >= 0.3 is 0 Å². The topological polar surface area (TPSA) is 29.1 Å². The summed E-state index contributed by atoms with van der Waals surface area (Å²) in [5.41, 5.74) is 0. The number of hydrogen-bond acceptors (Lipinski definition) is 2. The highest BCUT2D eigenvalue weighted by atomic mass is 16.1. The first-order valence-electron chi connectivity index (χ1n) is 4.77. The van der Waals surface area contributed by atoms with Crippen LogP contribution in [0.25, 0.3) is 0 Å². The zero-order chi connectivity index (χ0) is 9.82. The van der Waals surface area contributed by atoms with Gasteiger partial charge in [0, 0.05) is 0 Å². The van der Waals surface area contributed by atoms with Crippen molar-refractivity contribution in [2.75, 3.05) is 13.1 Å². The molecular formula is C10H23NO. The highest BCUT2D eigenvalue weighted by Crippen LogP contribution is 1.96. The molecule has 0 fully saturated rings. The minimum absolute atomic E-state index is 0.842. The quantitative estimate of drug-likeness (QED) is 0.624. The van der Waals surface area contributed by atoms with Crippen LogP contribution >= 0.6 is 0 Å². The van der Waals surface area contributed by atoms with Gasteiger partial charge in [-0.25, -0.2) is 0 Å². The summed E-state index contributed by atoms with van der Waals surface area (Å²) in [6.45, 7) is 11.1. The van der Waals surface area contributed by atoms with E-state index in [1.807, 2.05) is 6.79 Å². The van der Waals surface area contributed by atoms with E-state index >= 15 is 0 Å². The molecule has 0 saturated carbocycles. The van der Waals surface area contributed by atoms with Crippen molar-refractivity contribution in [2.24, 2.45) is 5.92 Å². The lowest BCUT2D eigenvalue weighted by Gasteiger charge is -2.05. The Morgan fingerprint density at radius 3 is 2.25 bits per heavy atom. The van der Waals surface area contributed by atoms with Crippen molar-refractivity contribution in [1.82, 2.24) is 5.32 Å². The van der Waals surface area contributed by atoms with Gasteiger partial charge in [0.25, 0.3) is 0 Å². The fraction of sp³-hybridized carbons (Fsp3) is 0.900. The number of nitrogens with one attached hydrogen (secondary N) is 1. The molecule has 1 N–H and O–H groups in total. The minimum atomic E-state index is 0.842. The van der Waals surface area contributed by atoms with Gasteiger partial charge in [-0.05, 0) is 31.8 Å². The molecule has 0 amide bonds. The maximum absolute atomic E-state index is 8.00. The summed E-state index contributed by atoms with van der Waals surface area (Å²) in [6.07, 6.45) is 3.93. The second kappa shape index (κ2) is 13.2. The van der Waals surface area contributed by atoms with E-state index in [4.69, 9.17) is 4.79 Å². The standard InChI is InChI=1S/C9H21N.CH2O/c1-4-5-7-10-8-6-9(2)3;1-2/h9-10H,4-8H2,1-3H3;1H2. The summed E-state index contributed by atoms with van der Waals surface area (Å²) in [5.74, 6) is 0.842. The van der Waals surface area contributed by atoms with Crippen LogP contribution in [-0.2, 0) is 4.79 Å². The van der Waals surface area contributed by atoms with Crippen LogP contribution in [0, 0.1) is 5.92 Å². The summed E-state index contributed by atoms with van der Waals surface area (Å²) in [7, 11) is 0. The SMILES string of the molecule is C=O.CCCCNCCC(C)C. The lowest BCUT2D eigenvalue weighted by Crippen LogP contribution is -2.17. The van der Waals surface area contributed by atoms with E-state index in [1.165, 1.54) is 32.4 Å². The summed E-state index contributed by atoms with van der Waals surface area (Å²) in [5, 5.41) is 3.42. The fourth-order valence-electron chi connectivity index (χ4n) is 0.818. The van der Waals surface area contributed by atoms with Crippen molar-refractivity contribution < 1.29 is 4.79 Å². The van der Waals surface area contributed by atoms with Crippen LogP contribution in [0.3, 0.4) is 0 Å². The molecule has 0 unspecified atom stereocenters. The number of carbonyl (C=O) groups is 1. The molecule has 0 aromatic carbocycles. The van der Waals surface area contributed by atoms with E-state index in [-0.39, 0.29) is 0 Å². The van der Waals surface area contributed by atoms with Crippen molar-refractivity contribution in [3.05, 3.63) is 0 Å². The third-order valence-electron chi connectivity index (χ3n) is 1.61. The van der Waals surface area contributed by atoms with Gasteiger partial charge in [0.05, 0.1) is 0 Å². The predicted molar refractivity (Wildman–Crippen MR) is 54.4 cm³/mol. The van der Waals surface area contributed by atoms with Gasteiger partial charge in [0.15, 0.2) is 0 Å². The normalized spacial score (nSPS) is 9.33. The zero-order valence-electron chi connectivity index (χ0n) is 8.73. The molecule has 0 rings (SSSR count). The Balaban J connectivity index is 0. The molecule has 0 aliphatic heterocycles. The van der Waals surface area contributed by atoms with E-state index in [1.54, 1.807) is 0 Å². The summed E-state index contributed by atoms with van der Waals surface area (Å²) < 4.78 is 0. The molecule has 74 valence electrons. The zero-order valence-corrected chi connectivity index (χ0v) is 8.73. The summed E-state index contributed by atoms with van der Waals surface area (Å²) in [4.78, 5) is 8.00. The largest absolute Gasteiger partial charge is 0.317 e. The van der Waals surface area contributed by atoms with Crippen molar-refractivity contribution in [2.45, 2.75) is 40.0 Å². The van der Waals surface area contributed by atoms with Crippen molar-refractivity contribution in [3.63, 3.8) is 0 Å². The molecule has 0 spiro atoms. The molecule has 0 bridgehead atoms. The van der Waals surface area contributed by atoms with Crippen LogP contribution in [0.5, 0.6) is 0 Å². The van der Waals surface area contributed by atoms with Gasteiger partial charge < -0.3 is 10.1 Å². The molecule has 2 nitrogen and oxygen atoms in total. The Hall–Kier alpha value is -0.370. The van der Waals surface area contributed by atoms with Gasteiger partial charge in [-0.2, -0.15) is 0 Å². The van der Waals surface area contributed by atoms with E-state index in [0.29, 0.717) is 0 Å². The van der Waals surface area contributed by atoms with Crippen molar-refractivity contribution in [1.29, 1.82) is 0 Å². The average molecular weight is 173 g/mol. The molecule has 0 aliphatic carbocycles. The van der Waals surface area contributed by atoms with Crippen molar-refractivity contribution in [3.8, 4) is 0 Å². The lowest BCUT2D eigenvalue weighted by atomic mass is 10.1. The molecule has 12 heavy (non-hydrogen) atoms. The van der Waals surface area contributed by atoms with Crippen LogP contribution < -0.4 is 5.32 Å². The highest BCUT2D eigenvalue weighted by Gasteiger charge is 1.91. The average Bonchev–Trinajstić information content (AvgIpc) is 2.07. The number of carbonyl (C=O) groups excluding carboxylic acids is 1. The van der Waals surface area contributed by atoms with Crippen molar-refractivity contribution >= 4 is 6.79 Å². The molecular weight excluding hydrogens is 150 g/mol. The molecule has 0 aromatic rings. The van der Waals surface area contributed by atoms with E-state index in [2.05, 4.69) is 26.1 Å². The minimum Gasteiger partial charge on any atom is -0.317 e. The smallest absolute Gasteiger partial charge is 0.106 e. The van der Waals surface area contributed by atoms with Crippen LogP contribution in [0.15, 0.2) is 0 Å². The number of rotatable bonds is 6. The number of hydrogen-bond donors (Lipinski definition) is 1. The van der Waals surface area contributed by atoms with Gasteiger partial charge in [-0.3, -0.25) is 0 Å². The lowest BCUT2D eigenvalue weighted by molar-refractivity contribution is -0.0979. The monoisotopic (exact) mass is 173 g/mol. The molecule has 0 heterocycles. The van der Waals surface area contributed by atoms with Crippen LogP contribution in [0.2, 0.25) is 0 Å². The summed E-state index contributed by atoms with van der Waals surface area (Å²) in [6, 6.07) is 0. The van der Waals surface area contributed by atoms with E-state index in [9.17, 15) is 0 Å². The third kappa shape index (κ3) is 16.3. The van der Waals surface area contributed by atoms with Crippen LogP contribution in [-0.4, -0.2) is 19.9 Å². The Morgan fingerprint density at radius 2 is 1.83 bits per heavy atom. The van der Waals surface area contributed by atoms with E-state index in [0.717, 1.165) is 5.92 Å². The number of unbranched alkanes of at least 4 members (excludes halogenated alkanes) is 1. The van der Waals surface area contributed by atoms with Crippen LogP contribution in [0.1, 0.15) is 40.0 Å². The molecule has 0 aliphatic rings. The fourth-order valence-corrected chi connectivity index (χ4v) is 0.818. The third-order valence-corrected chi connectivity index (χ3v) is 1.61. The first-order valence-corrected chi connectivity index (χ1v) is 4.77. The Bertz CT molecular complexity index is 74.2. The predicted octanol–water partition coefficient (Wildman–Crippen LogP) is 2.24. The van der Waals surface area contributed by atoms with Crippen LogP contribution in [0.4, 0.5) is 0 Å². The highest BCUT2D eigenvalue weighted by molar-refractivity contribution is 5.10. The van der Waals surface area contributed by atoms with Gasteiger partial charge in [-0.1, -0.05) is 27.2 Å². The first-order chi connectivity index (χ1) is 5.77. The Labute approximate surface area is 76.7 Å². The second-order valence-corrected chi connectivity index (χ2v) is 3.29. The molecule has 2 heteroatoms. The second-order valence-electron chi connectivity index (χ2n) is 3.29. The first kappa shape index (κ1) is 14.2. The maximum Gasteiger partial charge on any atom is 0.106 e. The molecule has 0 aromatic heterocycles. The molecule has 0 atom stereocenters. The molecule has 0 saturated heterocycles. The maximum atomic E-state index is 8.00. The molecule has 0 radical (unpaired) electrons. The van der Waals surface area contributed by atoms with Gasteiger partial charge in [0.1, 0.15) is 6.79 Å².